The van der Waals surface area contributed by atoms with Gasteiger partial charge < -0.3 is 9.47 Å². The van der Waals surface area contributed by atoms with Crippen LogP contribution in [0.5, 0.6) is 0 Å². The van der Waals surface area contributed by atoms with Crippen LogP contribution >= 0.6 is 0 Å². The topological polar surface area (TPSA) is 44.2 Å². The molecular weight excluding hydrogens is 285 g/mol. The lowest BCUT2D eigenvalue weighted by atomic mass is 9.75. The number of rotatable bonds is 2. The molecule has 0 aliphatic carbocycles. The molecule has 118 valence electrons. The molecular formula is C14H19F3N2O2. The van der Waals surface area contributed by atoms with Crippen molar-refractivity contribution in [1.29, 1.82) is 0 Å². The Morgan fingerprint density at radius 2 is 1.71 bits per heavy atom. The maximum absolute atomic E-state index is 12.5. The first kappa shape index (κ1) is 16.2. The van der Waals surface area contributed by atoms with Crippen molar-refractivity contribution in [3.63, 3.8) is 0 Å². The fourth-order valence-corrected chi connectivity index (χ4v) is 2.21. The zero-order valence-electron chi connectivity index (χ0n) is 12.3. The minimum Gasteiger partial charge on any atom is -0.378 e. The molecule has 1 aromatic heterocycles. The molecule has 0 radical (unpaired) electrons. The van der Waals surface area contributed by atoms with Gasteiger partial charge in [0.1, 0.15) is 0 Å². The summed E-state index contributed by atoms with van der Waals surface area (Å²) in [5.41, 5.74) is 0.205. The standard InChI is InChI=1S/C14H19F3N2O2/c1-9-6-20-7-11(8-21-9)13(2,3)10-4-18-12(19-5-10)14(15,16)17/h4-5,9,11H,6-8H2,1-3H3. The summed E-state index contributed by atoms with van der Waals surface area (Å²) >= 11 is 0. The van der Waals surface area contributed by atoms with E-state index < -0.39 is 17.4 Å². The molecule has 0 N–H and O–H groups in total. The Morgan fingerprint density at radius 1 is 1.10 bits per heavy atom. The van der Waals surface area contributed by atoms with Gasteiger partial charge in [-0.3, -0.25) is 0 Å². The van der Waals surface area contributed by atoms with E-state index in [1.54, 1.807) is 0 Å². The van der Waals surface area contributed by atoms with E-state index in [-0.39, 0.29) is 12.0 Å². The average Bonchev–Trinajstić information content (AvgIpc) is 2.63. The van der Waals surface area contributed by atoms with Gasteiger partial charge in [0.15, 0.2) is 0 Å². The Balaban J connectivity index is 2.18. The van der Waals surface area contributed by atoms with Crippen LogP contribution in [0.15, 0.2) is 12.4 Å². The molecule has 1 aliphatic heterocycles. The number of nitrogens with zero attached hydrogens (tertiary/aromatic N) is 2. The number of hydrogen-bond donors (Lipinski definition) is 0. The Kier molecular flexibility index (Phi) is 4.53. The summed E-state index contributed by atoms with van der Waals surface area (Å²) in [4.78, 5) is 6.86. The maximum atomic E-state index is 12.5. The molecule has 0 saturated carbocycles. The van der Waals surface area contributed by atoms with Crippen molar-refractivity contribution in [3.8, 4) is 0 Å². The van der Waals surface area contributed by atoms with Crippen LogP contribution < -0.4 is 0 Å². The van der Waals surface area contributed by atoms with E-state index in [0.717, 1.165) is 0 Å². The molecule has 1 aromatic rings. The monoisotopic (exact) mass is 304 g/mol. The summed E-state index contributed by atoms with van der Waals surface area (Å²) in [7, 11) is 0. The van der Waals surface area contributed by atoms with Gasteiger partial charge in [-0.15, -0.1) is 0 Å². The van der Waals surface area contributed by atoms with E-state index in [1.807, 2.05) is 20.8 Å². The Bertz CT molecular complexity index is 474. The number of hydrogen-bond acceptors (Lipinski definition) is 4. The van der Waals surface area contributed by atoms with Gasteiger partial charge in [0.25, 0.3) is 0 Å². The minimum atomic E-state index is -4.52. The van der Waals surface area contributed by atoms with Crippen molar-refractivity contribution < 1.29 is 22.6 Å². The average molecular weight is 304 g/mol. The Labute approximate surface area is 121 Å². The first-order chi connectivity index (χ1) is 9.71. The van der Waals surface area contributed by atoms with Crippen molar-refractivity contribution in [2.24, 2.45) is 5.92 Å². The van der Waals surface area contributed by atoms with Gasteiger partial charge in [0.05, 0.1) is 25.9 Å². The summed E-state index contributed by atoms with van der Waals surface area (Å²) in [6, 6.07) is 0. The van der Waals surface area contributed by atoms with Gasteiger partial charge in [-0.1, -0.05) is 13.8 Å². The van der Waals surface area contributed by atoms with Gasteiger partial charge >= 0.3 is 6.18 Å². The largest absolute Gasteiger partial charge is 0.451 e. The Morgan fingerprint density at radius 3 is 2.29 bits per heavy atom. The van der Waals surface area contributed by atoms with Gasteiger partial charge in [0, 0.05) is 18.3 Å². The molecule has 7 heteroatoms. The summed E-state index contributed by atoms with van der Waals surface area (Å²) < 4.78 is 48.7. The third kappa shape index (κ3) is 3.71. The van der Waals surface area contributed by atoms with E-state index in [4.69, 9.17) is 9.47 Å². The summed E-state index contributed by atoms with van der Waals surface area (Å²) in [5, 5.41) is 0. The summed E-state index contributed by atoms with van der Waals surface area (Å²) in [6.45, 7) is 7.32. The highest BCUT2D eigenvalue weighted by Crippen LogP contribution is 2.34. The molecule has 2 atom stereocenters. The van der Waals surface area contributed by atoms with Gasteiger partial charge in [-0.2, -0.15) is 13.2 Å². The lowest BCUT2D eigenvalue weighted by Gasteiger charge is -2.33. The highest BCUT2D eigenvalue weighted by molar-refractivity contribution is 5.19. The van der Waals surface area contributed by atoms with Crippen molar-refractivity contribution in [2.75, 3.05) is 19.8 Å². The van der Waals surface area contributed by atoms with Gasteiger partial charge in [-0.25, -0.2) is 9.97 Å². The molecule has 0 amide bonds. The first-order valence-corrected chi connectivity index (χ1v) is 6.80. The predicted octanol–water partition coefficient (Wildman–Crippen LogP) is 2.82. The van der Waals surface area contributed by atoms with E-state index in [1.165, 1.54) is 12.4 Å². The number of ether oxygens (including phenoxy) is 2. The van der Waals surface area contributed by atoms with Gasteiger partial charge in [0.2, 0.25) is 5.82 Å². The molecule has 0 bridgehead atoms. The molecule has 1 fully saturated rings. The highest BCUT2D eigenvalue weighted by atomic mass is 19.4. The normalized spacial score (nSPS) is 24.7. The zero-order chi connectivity index (χ0) is 15.7. The second kappa shape index (κ2) is 5.88. The van der Waals surface area contributed by atoms with Gasteiger partial charge in [-0.05, 0) is 17.9 Å². The number of alkyl halides is 3. The third-order valence-electron chi connectivity index (χ3n) is 3.92. The first-order valence-electron chi connectivity index (χ1n) is 6.80. The second-order valence-corrected chi connectivity index (χ2v) is 5.89. The fraction of sp³-hybridized carbons (Fsp3) is 0.714. The SMILES string of the molecule is CC1COCC(C(C)(C)c2cnc(C(F)(F)F)nc2)CO1. The predicted molar refractivity (Wildman–Crippen MR) is 69.8 cm³/mol. The lowest BCUT2D eigenvalue weighted by Crippen LogP contribution is -2.35. The number of aromatic nitrogens is 2. The highest BCUT2D eigenvalue weighted by Gasteiger charge is 2.37. The summed E-state index contributed by atoms with van der Waals surface area (Å²) in [6.07, 6.45) is -2.02. The molecule has 21 heavy (non-hydrogen) atoms. The molecule has 2 rings (SSSR count). The van der Waals surface area contributed by atoms with Crippen molar-refractivity contribution in [3.05, 3.63) is 23.8 Å². The maximum Gasteiger partial charge on any atom is 0.451 e. The van der Waals surface area contributed by atoms with Crippen LogP contribution in [0.2, 0.25) is 0 Å². The fourth-order valence-electron chi connectivity index (χ4n) is 2.21. The van der Waals surface area contributed by atoms with Crippen LogP contribution in [0, 0.1) is 5.92 Å². The molecule has 1 aliphatic rings. The molecule has 2 unspecified atom stereocenters. The van der Waals surface area contributed by atoms with E-state index in [2.05, 4.69) is 9.97 Å². The quantitative estimate of drug-likeness (QED) is 0.843. The minimum absolute atomic E-state index is 0.0228. The molecule has 1 saturated heterocycles. The van der Waals surface area contributed by atoms with Crippen LogP contribution in [0.25, 0.3) is 0 Å². The van der Waals surface area contributed by atoms with Crippen LogP contribution in [0.1, 0.15) is 32.2 Å². The number of halogens is 3. The van der Waals surface area contributed by atoms with Crippen LogP contribution in [-0.2, 0) is 21.1 Å². The Hall–Kier alpha value is -1.21. The van der Waals surface area contributed by atoms with Crippen molar-refractivity contribution >= 4 is 0 Å². The summed E-state index contributed by atoms with van der Waals surface area (Å²) in [5.74, 6) is -1.09. The van der Waals surface area contributed by atoms with Crippen molar-refractivity contribution in [1.82, 2.24) is 9.97 Å². The van der Waals surface area contributed by atoms with Crippen molar-refractivity contribution in [2.45, 2.75) is 38.5 Å². The van der Waals surface area contributed by atoms with E-state index in [0.29, 0.717) is 25.4 Å². The molecule has 4 nitrogen and oxygen atoms in total. The molecule has 0 aromatic carbocycles. The third-order valence-corrected chi connectivity index (χ3v) is 3.92. The van der Waals surface area contributed by atoms with Crippen LogP contribution in [0.3, 0.4) is 0 Å². The van der Waals surface area contributed by atoms with E-state index in [9.17, 15) is 13.2 Å². The van der Waals surface area contributed by atoms with Crippen LogP contribution in [0.4, 0.5) is 13.2 Å². The second-order valence-electron chi connectivity index (χ2n) is 5.89. The van der Waals surface area contributed by atoms with Crippen LogP contribution in [-0.4, -0.2) is 35.9 Å². The molecule has 2 heterocycles. The van der Waals surface area contributed by atoms with E-state index >= 15 is 0 Å². The molecule has 0 spiro atoms. The lowest BCUT2D eigenvalue weighted by molar-refractivity contribution is -0.145. The smallest absolute Gasteiger partial charge is 0.378 e. The zero-order valence-corrected chi connectivity index (χ0v) is 12.3.